The standard InChI is InChI=1S/C24H27N5O4S2/c1-13(33-3)22-26-18(11-32-2)21(35-22)19-12-34-24(27-19)28-20-7-4-14(10-25-20)23(31)29-15-5-6-16(29)9-17(30)8-15/h4,7,10,12-13,15-16H,5-6,8-9,11H2,1-3H3,(H,25,27,28)/t13?,15-,16+. The van der Waals surface area contributed by atoms with Gasteiger partial charge < -0.3 is 19.7 Å². The van der Waals surface area contributed by atoms with E-state index in [2.05, 4.69) is 15.3 Å². The predicted molar refractivity (Wildman–Crippen MR) is 134 cm³/mol. The molecule has 0 aliphatic carbocycles. The lowest BCUT2D eigenvalue weighted by Gasteiger charge is -2.34. The Hall–Kier alpha value is -2.73. The molecule has 2 saturated heterocycles. The zero-order chi connectivity index (χ0) is 24.5. The fraction of sp³-hybridized carbons (Fsp3) is 0.458. The summed E-state index contributed by atoms with van der Waals surface area (Å²) in [5.41, 5.74) is 2.19. The highest BCUT2D eigenvalue weighted by molar-refractivity contribution is 7.17. The number of fused-ring (bicyclic) bond motifs is 2. The molecule has 3 atom stereocenters. The number of hydrogen-bond acceptors (Lipinski definition) is 10. The number of pyridine rings is 1. The first-order valence-corrected chi connectivity index (χ1v) is 13.2. The SMILES string of the molecule is COCc1nc(C(C)OC)sc1-c1csc(Nc2ccc(C(=O)N3[C@@H]4CC[C@H]3CC(=O)C4)cn2)n1. The summed E-state index contributed by atoms with van der Waals surface area (Å²) >= 11 is 3.02. The number of methoxy groups -OCH3 is 2. The molecule has 2 bridgehead atoms. The average molecular weight is 514 g/mol. The molecule has 11 heteroatoms. The average Bonchev–Trinajstić information content (AvgIpc) is 3.55. The third kappa shape index (κ3) is 4.86. The second-order valence-electron chi connectivity index (χ2n) is 8.78. The van der Waals surface area contributed by atoms with E-state index in [1.165, 1.54) is 11.3 Å². The van der Waals surface area contributed by atoms with Crippen LogP contribution in [0.25, 0.3) is 10.6 Å². The van der Waals surface area contributed by atoms with E-state index in [0.29, 0.717) is 36.0 Å². The van der Waals surface area contributed by atoms with Gasteiger partial charge in [0.05, 0.1) is 28.4 Å². The molecule has 0 saturated carbocycles. The topological polar surface area (TPSA) is 107 Å². The molecule has 2 aliphatic rings. The Morgan fingerprint density at radius 3 is 2.66 bits per heavy atom. The molecule has 3 aromatic heterocycles. The zero-order valence-corrected chi connectivity index (χ0v) is 21.4. The highest BCUT2D eigenvalue weighted by Gasteiger charge is 2.42. The van der Waals surface area contributed by atoms with Crippen LogP contribution in [0.3, 0.4) is 0 Å². The quantitative estimate of drug-likeness (QED) is 0.466. The highest BCUT2D eigenvalue weighted by atomic mass is 32.1. The number of carbonyl (C=O) groups excluding carboxylic acids is 2. The molecule has 1 unspecified atom stereocenters. The Kier molecular flexibility index (Phi) is 6.92. The lowest BCUT2D eigenvalue weighted by Crippen LogP contribution is -2.46. The number of hydrogen-bond donors (Lipinski definition) is 1. The van der Waals surface area contributed by atoms with E-state index < -0.39 is 0 Å². The number of nitrogens with zero attached hydrogens (tertiary/aromatic N) is 4. The van der Waals surface area contributed by atoms with Crippen molar-refractivity contribution >= 4 is 45.3 Å². The summed E-state index contributed by atoms with van der Waals surface area (Å²) in [5, 5.41) is 6.77. The number of thiazole rings is 2. The Bertz CT molecular complexity index is 1210. The first kappa shape index (κ1) is 24.0. The maximum absolute atomic E-state index is 13.1. The maximum atomic E-state index is 13.1. The fourth-order valence-electron chi connectivity index (χ4n) is 4.67. The number of rotatable bonds is 8. The van der Waals surface area contributed by atoms with Crippen LogP contribution in [0.15, 0.2) is 23.7 Å². The van der Waals surface area contributed by atoms with Gasteiger partial charge in [0.1, 0.15) is 22.7 Å². The molecule has 35 heavy (non-hydrogen) atoms. The Balaban J connectivity index is 1.29. The Morgan fingerprint density at radius 1 is 1.23 bits per heavy atom. The molecule has 1 amide bonds. The molecule has 2 fully saturated rings. The van der Waals surface area contributed by atoms with Crippen molar-refractivity contribution in [2.45, 2.75) is 57.4 Å². The van der Waals surface area contributed by atoms with Gasteiger partial charge in [0.15, 0.2) is 5.13 Å². The van der Waals surface area contributed by atoms with Gasteiger partial charge in [0.25, 0.3) is 5.91 Å². The van der Waals surface area contributed by atoms with Crippen LogP contribution < -0.4 is 5.32 Å². The Morgan fingerprint density at radius 2 is 2.00 bits per heavy atom. The second kappa shape index (κ2) is 10.1. The van der Waals surface area contributed by atoms with Crippen molar-refractivity contribution < 1.29 is 19.1 Å². The normalized spacial score (nSPS) is 20.3. The first-order valence-electron chi connectivity index (χ1n) is 11.5. The summed E-state index contributed by atoms with van der Waals surface area (Å²) < 4.78 is 10.7. The third-order valence-corrected chi connectivity index (χ3v) is 8.50. The number of Topliss-reactive ketones (excluding diaryl/α,β-unsaturated/α-hetero) is 1. The van der Waals surface area contributed by atoms with E-state index >= 15 is 0 Å². The van der Waals surface area contributed by atoms with Gasteiger partial charge in [0, 0.05) is 50.7 Å². The van der Waals surface area contributed by atoms with E-state index in [4.69, 9.17) is 14.5 Å². The van der Waals surface area contributed by atoms with Gasteiger partial charge >= 0.3 is 0 Å². The van der Waals surface area contributed by atoms with E-state index in [9.17, 15) is 9.59 Å². The van der Waals surface area contributed by atoms with Crippen LogP contribution in [0.5, 0.6) is 0 Å². The molecule has 5 rings (SSSR count). The van der Waals surface area contributed by atoms with Crippen LogP contribution in [0.1, 0.15) is 59.8 Å². The van der Waals surface area contributed by atoms with Gasteiger partial charge in [-0.2, -0.15) is 0 Å². The molecule has 5 heterocycles. The molecular formula is C24H27N5O4S2. The van der Waals surface area contributed by atoms with Crippen molar-refractivity contribution in [1.29, 1.82) is 0 Å². The summed E-state index contributed by atoms with van der Waals surface area (Å²) in [6.45, 7) is 2.36. The number of aromatic nitrogens is 3. The zero-order valence-electron chi connectivity index (χ0n) is 19.8. The van der Waals surface area contributed by atoms with Crippen molar-refractivity contribution in [2.75, 3.05) is 19.5 Å². The summed E-state index contributed by atoms with van der Waals surface area (Å²) in [6, 6.07) is 3.62. The first-order chi connectivity index (χ1) is 17.0. The minimum atomic E-state index is -0.105. The molecule has 0 aromatic carbocycles. The lowest BCUT2D eigenvalue weighted by atomic mass is 10.0. The van der Waals surface area contributed by atoms with Crippen LogP contribution in [-0.2, 0) is 20.9 Å². The van der Waals surface area contributed by atoms with E-state index in [0.717, 1.165) is 34.1 Å². The van der Waals surface area contributed by atoms with E-state index in [1.807, 2.05) is 17.2 Å². The van der Waals surface area contributed by atoms with Gasteiger partial charge in [-0.1, -0.05) is 0 Å². The van der Waals surface area contributed by atoms with Crippen LogP contribution in [0.2, 0.25) is 0 Å². The molecule has 3 aromatic rings. The van der Waals surface area contributed by atoms with Gasteiger partial charge in [-0.3, -0.25) is 9.59 Å². The monoisotopic (exact) mass is 513 g/mol. The number of amides is 1. The molecule has 0 radical (unpaired) electrons. The van der Waals surface area contributed by atoms with Crippen molar-refractivity contribution in [1.82, 2.24) is 19.9 Å². The minimum Gasteiger partial charge on any atom is -0.378 e. The number of ketones is 1. The van der Waals surface area contributed by atoms with Crippen LogP contribution in [-0.4, -0.2) is 57.8 Å². The summed E-state index contributed by atoms with van der Waals surface area (Å²) in [5.74, 6) is 0.825. The predicted octanol–water partition coefficient (Wildman–Crippen LogP) is 4.60. The van der Waals surface area contributed by atoms with Crippen LogP contribution in [0.4, 0.5) is 10.9 Å². The molecule has 0 spiro atoms. The summed E-state index contributed by atoms with van der Waals surface area (Å²) in [4.78, 5) is 41.6. The molecule has 184 valence electrons. The van der Waals surface area contributed by atoms with E-state index in [1.54, 1.807) is 43.9 Å². The van der Waals surface area contributed by atoms with Gasteiger partial charge in [-0.05, 0) is 31.9 Å². The van der Waals surface area contributed by atoms with Crippen molar-refractivity contribution in [3.8, 4) is 10.6 Å². The molecule has 9 nitrogen and oxygen atoms in total. The van der Waals surface area contributed by atoms with Crippen molar-refractivity contribution in [3.05, 3.63) is 40.0 Å². The van der Waals surface area contributed by atoms with Crippen LogP contribution >= 0.6 is 22.7 Å². The van der Waals surface area contributed by atoms with E-state index in [-0.39, 0.29) is 29.9 Å². The largest absolute Gasteiger partial charge is 0.378 e. The lowest BCUT2D eigenvalue weighted by molar-refractivity contribution is -0.122. The number of nitrogens with one attached hydrogen (secondary N) is 1. The smallest absolute Gasteiger partial charge is 0.255 e. The van der Waals surface area contributed by atoms with Crippen molar-refractivity contribution in [3.63, 3.8) is 0 Å². The number of anilines is 2. The second-order valence-corrected chi connectivity index (χ2v) is 10.7. The summed E-state index contributed by atoms with van der Waals surface area (Å²) in [7, 11) is 3.31. The van der Waals surface area contributed by atoms with Gasteiger partial charge in [-0.15, -0.1) is 22.7 Å². The number of piperidine rings is 1. The van der Waals surface area contributed by atoms with Gasteiger partial charge in [-0.25, -0.2) is 15.0 Å². The molecule has 1 N–H and O–H groups in total. The number of ether oxygens (including phenoxy) is 2. The van der Waals surface area contributed by atoms with Crippen LogP contribution in [0, 0.1) is 0 Å². The fourth-order valence-corrected chi connectivity index (χ4v) is 6.51. The van der Waals surface area contributed by atoms with Crippen molar-refractivity contribution in [2.24, 2.45) is 0 Å². The third-order valence-electron chi connectivity index (χ3n) is 6.46. The Labute approximate surface area is 211 Å². The molecule has 2 aliphatic heterocycles. The highest BCUT2D eigenvalue weighted by Crippen LogP contribution is 2.37. The maximum Gasteiger partial charge on any atom is 0.255 e. The summed E-state index contributed by atoms with van der Waals surface area (Å²) in [6.07, 6.45) is 4.23. The number of carbonyl (C=O) groups is 2. The molecular weight excluding hydrogens is 486 g/mol. The van der Waals surface area contributed by atoms with Gasteiger partial charge in [0.2, 0.25) is 0 Å². The minimum absolute atomic E-state index is 0.0300.